The zero-order chi connectivity index (χ0) is 13.5. The van der Waals surface area contributed by atoms with Gasteiger partial charge in [0.15, 0.2) is 5.60 Å². The van der Waals surface area contributed by atoms with Gasteiger partial charge in [0, 0.05) is 6.04 Å². The van der Waals surface area contributed by atoms with E-state index in [-0.39, 0.29) is 5.91 Å². The minimum atomic E-state index is -0.794. The summed E-state index contributed by atoms with van der Waals surface area (Å²) in [5, 5.41) is 6.45. The van der Waals surface area contributed by atoms with Gasteiger partial charge >= 0.3 is 0 Å². The number of ether oxygens (including phenoxy) is 1. The summed E-state index contributed by atoms with van der Waals surface area (Å²) in [5.41, 5.74) is 1.22. The van der Waals surface area contributed by atoms with Crippen molar-refractivity contribution in [2.45, 2.75) is 44.8 Å². The number of anilines is 1. The van der Waals surface area contributed by atoms with Gasteiger partial charge in [0.2, 0.25) is 0 Å². The molecule has 2 heterocycles. The predicted octanol–water partition coefficient (Wildman–Crippen LogP) is 2.61. The molecule has 1 amide bonds. The lowest BCUT2D eigenvalue weighted by molar-refractivity contribution is -0.129. The topological polar surface area (TPSA) is 50.4 Å². The molecule has 0 radical (unpaired) electrons. The highest BCUT2D eigenvalue weighted by Crippen LogP contribution is 2.36. The Kier molecular flexibility index (Phi) is 2.97. The smallest absolute Gasteiger partial charge is 0.268 e. The molecule has 102 valence electrons. The fraction of sp³-hybridized carbons (Fsp3) is 0.533. The number of carbonyl (C=O) groups excluding carboxylic acids is 1. The van der Waals surface area contributed by atoms with E-state index in [1.165, 1.54) is 18.4 Å². The molecule has 0 bridgehead atoms. The third-order valence-electron chi connectivity index (χ3n) is 3.88. The molecule has 1 fully saturated rings. The van der Waals surface area contributed by atoms with Crippen LogP contribution in [0.2, 0.25) is 0 Å². The van der Waals surface area contributed by atoms with Crippen LogP contribution in [0.4, 0.5) is 5.69 Å². The molecule has 1 aromatic rings. The Labute approximate surface area is 113 Å². The highest BCUT2D eigenvalue weighted by atomic mass is 16.5. The predicted molar refractivity (Wildman–Crippen MR) is 74.4 cm³/mol. The first-order valence-corrected chi connectivity index (χ1v) is 6.94. The summed E-state index contributed by atoms with van der Waals surface area (Å²) in [5.74, 6) is 0.665. The molecule has 4 nitrogen and oxygen atoms in total. The van der Waals surface area contributed by atoms with Crippen LogP contribution in [-0.4, -0.2) is 18.1 Å². The van der Waals surface area contributed by atoms with Crippen molar-refractivity contribution in [3.8, 4) is 5.75 Å². The van der Waals surface area contributed by atoms with Gasteiger partial charge in [-0.2, -0.15) is 0 Å². The van der Waals surface area contributed by atoms with Gasteiger partial charge in [0.1, 0.15) is 5.75 Å². The maximum atomic E-state index is 11.9. The minimum Gasteiger partial charge on any atom is -0.476 e. The van der Waals surface area contributed by atoms with Gasteiger partial charge in [-0.3, -0.25) is 4.79 Å². The third kappa shape index (κ3) is 2.32. The first kappa shape index (κ1) is 12.5. The van der Waals surface area contributed by atoms with E-state index >= 15 is 0 Å². The number of piperidine rings is 1. The molecule has 0 spiro atoms. The normalized spacial score (nSPS) is 25.2. The molecule has 1 unspecified atom stereocenters. The number of carbonyl (C=O) groups is 1. The first-order chi connectivity index (χ1) is 9.06. The quantitative estimate of drug-likeness (QED) is 0.816. The van der Waals surface area contributed by atoms with E-state index in [9.17, 15) is 4.79 Å². The van der Waals surface area contributed by atoms with Gasteiger partial charge in [0.25, 0.3) is 5.91 Å². The van der Waals surface area contributed by atoms with E-state index in [4.69, 9.17) is 4.74 Å². The molecule has 0 saturated carbocycles. The van der Waals surface area contributed by atoms with Crippen molar-refractivity contribution < 1.29 is 9.53 Å². The number of hydrogen-bond acceptors (Lipinski definition) is 3. The summed E-state index contributed by atoms with van der Waals surface area (Å²) >= 11 is 0. The summed E-state index contributed by atoms with van der Waals surface area (Å²) in [6.07, 6.45) is 3.65. The molecular formula is C15H20N2O2. The van der Waals surface area contributed by atoms with Gasteiger partial charge < -0.3 is 15.4 Å². The zero-order valence-corrected chi connectivity index (χ0v) is 11.5. The number of nitrogens with one attached hydrogen (secondary N) is 2. The molecule has 2 N–H and O–H groups in total. The molecule has 1 saturated heterocycles. The Morgan fingerprint density at radius 2 is 2.16 bits per heavy atom. The number of fused-ring (bicyclic) bond motifs is 1. The van der Waals surface area contributed by atoms with Crippen LogP contribution in [0, 0.1) is 0 Å². The molecule has 1 aromatic carbocycles. The Balaban J connectivity index is 1.88. The van der Waals surface area contributed by atoms with Gasteiger partial charge in [-0.15, -0.1) is 0 Å². The molecule has 4 heteroatoms. The Bertz CT molecular complexity index is 505. The summed E-state index contributed by atoms with van der Waals surface area (Å²) in [4.78, 5) is 11.9. The van der Waals surface area contributed by atoms with Crippen LogP contribution in [-0.2, 0) is 4.79 Å². The second-order valence-corrected chi connectivity index (χ2v) is 5.82. The summed E-state index contributed by atoms with van der Waals surface area (Å²) < 4.78 is 5.74. The van der Waals surface area contributed by atoms with Crippen LogP contribution in [0.3, 0.4) is 0 Å². The van der Waals surface area contributed by atoms with E-state index < -0.39 is 5.60 Å². The molecule has 0 aliphatic carbocycles. The van der Waals surface area contributed by atoms with Crippen molar-refractivity contribution in [1.29, 1.82) is 0 Å². The van der Waals surface area contributed by atoms with Crippen LogP contribution in [0.15, 0.2) is 18.2 Å². The van der Waals surface area contributed by atoms with Gasteiger partial charge in [-0.05, 0) is 50.9 Å². The molecule has 1 atom stereocenters. The van der Waals surface area contributed by atoms with Gasteiger partial charge in [0.05, 0.1) is 5.69 Å². The maximum Gasteiger partial charge on any atom is 0.268 e. The second-order valence-electron chi connectivity index (χ2n) is 5.82. The third-order valence-corrected chi connectivity index (χ3v) is 3.88. The number of rotatable bonds is 1. The van der Waals surface area contributed by atoms with E-state index in [1.807, 2.05) is 12.1 Å². The van der Waals surface area contributed by atoms with Crippen LogP contribution in [0.1, 0.15) is 44.7 Å². The maximum absolute atomic E-state index is 11.9. The standard InChI is InChI=1S/C15H20N2O2/c1-15(2)14(18)17-12-9-10(6-7-13(12)19-15)11-5-3-4-8-16-11/h6-7,9,11,16H,3-5,8H2,1-2H3,(H,17,18). The number of amides is 1. The highest BCUT2D eigenvalue weighted by molar-refractivity contribution is 6.00. The first-order valence-electron chi connectivity index (χ1n) is 6.94. The Morgan fingerprint density at radius 3 is 2.89 bits per heavy atom. The van der Waals surface area contributed by atoms with Crippen LogP contribution in [0.25, 0.3) is 0 Å². The van der Waals surface area contributed by atoms with E-state index in [0.29, 0.717) is 6.04 Å². The van der Waals surface area contributed by atoms with Crippen molar-refractivity contribution in [2.24, 2.45) is 0 Å². The lowest BCUT2D eigenvalue weighted by Crippen LogP contribution is -2.45. The fourth-order valence-electron chi connectivity index (χ4n) is 2.68. The van der Waals surface area contributed by atoms with Crippen molar-refractivity contribution in [1.82, 2.24) is 5.32 Å². The molecular weight excluding hydrogens is 240 g/mol. The SMILES string of the molecule is CC1(C)Oc2ccc(C3CCCCN3)cc2NC1=O. The Morgan fingerprint density at radius 1 is 1.32 bits per heavy atom. The largest absolute Gasteiger partial charge is 0.476 e. The second kappa shape index (κ2) is 4.53. The molecule has 2 aliphatic rings. The molecule has 3 rings (SSSR count). The van der Waals surface area contributed by atoms with E-state index in [1.54, 1.807) is 13.8 Å². The lowest BCUT2D eigenvalue weighted by atomic mass is 9.96. The van der Waals surface area contributed by atoms with E-state index in [2.05, 4.69) is 16.7 Å². The lowest BCUT2D eigenvalue weighted by Gasteiger charge is -2.32. The van der Waals surface area contributed by atoms with Crippen molar-refractivity contribution >= 4 is 11.6 Å². The minimum absolute atomic E-state index is 0.0891. The monoisotopic (exact) mass is 260 g/mol. The summed E-state index contributed by atoms with van der Waals surface area (Å²) in [7, 11) is 0. The molecule has 2 aliphatic heterocycles. The van der Waals surface area contributed by atoms with Gasteiger partial charge in [-0.25, -0.2) is 0 Å². The average Bonchev–Trinajstić information content (AvgIpc) is 2.40. The fourth-order valence-corrected chi connectivity index (χ4v) is 2.68. The van der Waals surface area contributed by atoms with Crippen molar-refractivity contribution in [3.63, 3.8) is 0 Å². The Hall–Kier alpha value is -1.55. The van der Waals surface area contributed by atoms with Gasteiger partial charge in [-0.1, -0.05) is 12.5 Å². The number of hydrogen-bond donors (Lipinski definition) is 2. The molecule has 19 heavy (non-hydrogen) atoms. The van der Waals surface area contributed by atoms with Crippen molar-refractivity contribution in [3.05, 3.63) is 23.8 Å². The highest BCUT2D eigenvalue weighted by Gasteiger charge is 2.35. The average molecular weight is 260 g/mol. The van der Waals surface area contributed by atoms with Crippen LogP contribution in [0.5, 0.6) is 5.75 Å². The summed E-state index contributed by atoms with van der Waals surface area (Å²) in [6, 6.07) is 6.48. The zero-order valence-electron chi connectivity index (χ0n) is 11.5. The number of benzene rings is 1. The molecule has 0 aromatic heterocycles. The van der Waals surface area contributed by atoms with Crippen molar-refractivity contribution in [2.75, 3.05) is 11.9 Å². The van der Waals surface area contributed by atoms with Crippen LogP contribution < -0.4 is 15.4 Å². The van der Waals surface area contributed by atoms with E-state index in [0.717, 1.165) is 24.4 Å². The summed E-state index contributed by atoms with van der Waals surface area (Å²) in [6.45, 7) is 4.63. The van der Waals surface area contributed by atoms with Crippen LogP contribution >= 0.6 is 0 Å².